The number of nitrogen functional groups attached to an aromatic ring is 1. The van der Waals surface area contributed by atoms with E-state index in [1.54, 1.807) is 30.2 Å². The van der Waals surface area contributed by atoms with Gasteiger partial charge in [0.1, 0.15) is 5.75 Å². The van der Waals surface area contributed by atoms with E-state index in [1.165, 1.54) is 9.77 Å². The highest BCUT2D eigenvalue weighted by atomic mass is 127. The third-order valence-electron chi connectivity index (χ3n) is 3.10. The normalized spacial score (nSPS) is 17.6. The minimum absolute atomic E-state index is 0.226. The summed E-state index contributed by atoms with van der Waals surface area (Å²) in [7, 11) is 1.71. The van der Waals surface area contributed by atoms with Crippen LogP contribution in [0.1, 0.15) is 15.9 Å². The summed E-state index contributed by atoms with van der Waals surface area (Å²) in [6, 6.07) is 4.32. The molecule has 3 rings (SSSR count). The summed E-state index contributed by atoms with van der Waals surface area (Å²) in [4.78, 5) is 6.90. The van der Waals surface area contributed by atoms with Crippen molar-refractivity contribution in [3.63, 3.8) is 0 Å². The first-order valence-corrected chi connectivity index (χ1v) is 10.1. The number of ether oxygens (including phenoxy) is 1. The fourth-order valence-corrected chi connectivity index (χ4v) is 7.06. The molecule has 0 amide bonds. The predicted octanol–water partition coefficient (Wildman–Crippen LogP) is 3.88. The minimum atomic E-state index is 0.226. The molecule has 1 aliphatic heterocycles. The number of nitrogens with one attached hydrogen (secondary N) is 1. The second kappa shape index (κ2) is 6.77. The molecule has 0 saturated heterocycles. The van der Waals surface area contributed by atoms with Gasteiger partial charge in [0.15, 0.2) is 5.13 Å². The zero-order valence-corrected chi connectivity index (χ0v) is 17.1. The van der Waals surface area contributed by atoms with Crippen LogP contribution >= 0.6 is 68.3 Å². The lowest BCUT2D eigenvalue weighted by Crippen LogP contribution is -2.26. The molecule has 0 saturated carbocycles. The van der Waals surface area contributed by atoms with Crippen molar-refractivity contribution in [3.05, 3.63) is 29.8 Å². The van der Waals surface area contributed by atoms with Gasteiger partial charge in [-0.1, -0.05) is 11.3 Å². The van der Waals surface area contributed by atoms with Gasteiger partial charge in [0.2, 0.25) is 0 Å². The zero-order chi connectivity index (χ0) is 15.0. The fraction of sp³-hybridized carbons (Fsp3) is 0.308. The van der Waals surface area contributed by atoms with E-state index in [1.807, 2.05) is 0 Å². The van der Waals surface area contributed by atoms with Gasteiger partial charge in [0.05, 0.1) is 30.2 Å². The van der Waals surface area contributed by atoms with Crippen LogP contribution in [0, 0.1) is 7.14 Å². The number of thioether (sulfide) groups is 1. The lowest BCUT2D eigenvalue weighted by atomic mass is 10.2. The van der Waals surface area contributed by atoms with Crippen LogP contribution in [0.15, 0.2) is 17.0 Å². The maximum Gasteiger partial charge on any atom is 0.180 e. The van der Waals surface area contributed by atoms with E-state index < -0.39 is 0 Å². The zero-order valence-electron chi connectivity index (χ0n) is 11.2. The van der Waals surface area contributed by atoms with Gasteiger partial charge in [-0.3, -0.25) is 0 Å². The van der Waals surface area contributed by atoms with Gasteiger partial charge < -0.3 is 15.8 Å². The standard InChI is InChI=1S/C13H13I2N3OS2/c1-19-10-7(14)4-6(5-8(10)15)20-12-11-9(2-3-17-12)18-13(16)21-11/h4-5,12,17H,2-3H2,1H3,(H2,16,18). The van der Waals surface area contributed by atoms with Crippen molar-refractivity contribution in [3.8, 4) is 5.75 Å². The number of hydrogen-bond acceptors (Lipinski definition) is 6. The van der Waals surface area contributed by atoms with Crippen LogP contribution in [0.2, 0.25) is 0 Å². The summed E-state index contributed by atoms with van der Waals surface area (Å²) in [6.45, 7) is 0.943. The Bertz CT molecular complexity index is 654. The van der Waals surface area contributed by atoms with Crippen LogP contribution in [-0.2, 0) is 6.42 Å². The van der Waals surface area contributed by atoms with Crippen molar-refractivity contribution in [1.29, 1.82) is 0 Å². The number of hydrogen-bond donors (Lipinski definition) is 2. The van der Waals surface area contributed by atoms with Gasteiger partial charge in [-0.05, 0) is 57.3 Å². The summed E-state index contributed by atoms with van der Waals surface area (Å²) in [6.07, 6.45) is 0.956. The largest absolute Gasteiger partial charge is 0.495 e. The highest BCUT2D eigenvalue weighted by Crippen LogP contribution is 2.42. The molecule has 3 N–H and O–H groups in total. The topological polar surface area (TPSA) is 60.2 Å². The molecule has 0 radical (unpaired) electrons. The molecule has 21 heavy (non-hydrogen) atoms. The minimum Gasteiger partial charge on any atom is -0.495 e. The molecule has 112 valence electrons. The van der Waals surface area contributed by atoms with Crippen molar-refractivity contribution < 1.29 is 4.74 Å². The second-order valence-corrected chi connectivity index (χ2v) is 9.05. The second-order valence-electron chi connectivity index (χ2n) is 4.49. The molecule has 0 fully saturated rings. The van der Waals surface area contributed by atoms with Crippen molar-refractivity contribution in [2.24, 2.45) is 0 Å². The quantitative estimate of drug-likeness (QED) is 0.574. The Morgan fingerprint density at radius 1 is 1.43 bits per heavy atom. The highest BCUT2D eigenvalue weighted by Gasteiger charge is 2.25. The van der Waals surface area contributed by atoms with Gasteiger partial charge in [-0.15, -0.1) is 11.8 Å². The van der Waals surface area contributed by atoms with E-state index >= 15 is 0 Å². The van der Waals surface area contributed by atoms with E-state index in [4.69, 9.17) is 10.5 Å². The molecule has 4 nitrogen and oxygen atoms in total. The van der Waals surface area contributed by atoms with Gasteiger partial charge in [-0.2, -0.15) is 0 Å². The smallest absolute Gasteiger partial charge is 0.180 e. The highest BCUT2D eigenvalue weighted by molar-refractivity contribution is 14.1. The molecule has 2 heterocycles. The Hall–Kier alpha value is 0.220. The van der Waals surface area contributed by atoms with Gasteiger partial charge in [0, 0.05) is 17.9 Å². The SMILES string of the molecule is COc1c(I)cc(SC2NCCc3nc(N)sc32)cc1I. The molecule has 0 bridgehead atoms. The number of methoxy groups -OCH3 is 1. The third kappa shape index (κ3) is 3.43. The number of halogens is 2. The van der Waals surface area contributed by atoms with Crippen LogP contribution < -0.4 is 15.8 Å². The molecular weight excluding hydrogens is 532 g/mol. The van der Waals surface area contributed by atoms with Gasteiger partial charge in [0.25, 0.3) is 0 Å². The molecule has 1 aromatic heterocycles. The van der Waals surface area contributed by atoms with E-state index in [-0.39, 0.29) is 5.37 Å². The number of benzene rings is 1. The first-order valence-electron chi connectivity index (χ1n) is 6.26. The van der Waals surface area contributed by atoms with Gasteiger partial charge >= 0.3 is 0 Å². The van der Waals surface area contributed by atoms with Crippen LogP contribution in [0.5, 0.6) is 5.75 Å². The maximum absolute atomic E-state index is 5.85. The first-order chi connectivity index (χ1) is 10.1. The lowest BCUT2D eigenvalue weighted by Gasteiger charge is -2.22. The molecule has 1 aromatic carbocycles. The number of aromatic nitrogens is 1. The number of nitrogens with two attached hydrogens (primary N) is 1. The number of anilines is 1. The van der Waals surface area contributed by atoms with Crippen LogP contribution in [0.3, 0.4) is 0 Å². The van der Waals surface area contributed by atoms with Crippen LogP contribution in [0.4, 0.5) is 5.13 Å². The molecule has 1 aliphatic rings. The third-order valence-corrected chi connectivity index (χ3v) is 6.99. The molecule has 1 atom stereocenters. The summed E-state index contributed by atoms with van der Waals surface area (Å²) >= 11 is 8.03. The number of thiazole rings is 1. The lowest BCUT2D eigenvalue weighted by molar-refractivity contribution is 0.408. The van der Waals surface area contributed by atoms with Crippen LogP contribution in [0.25, 0.3) is 0 Å². The van der Waals surface area contributed by atoms with E-state index in [2.05, 4.69) is 67.6 Å². The van der Waals surface area contributed by atoms with Crippen molar-refractivity contribution in [2.75, 3.05) is 19.4 Å². The Balaban J connectivity index is 1.88. The maximum atomic E-state index is 5.85. The summed E-state index contributed by atoms with van der Waals surface area (Å²) in [5, 5.41) is 4.43. The predicted molar refractivity (Wildman–Crippen MR) is 105 cm³/mol. The summed E-state index contributed by atoms with van der Waals surface area (Å²) in [5.41, 5.74) is 7.00. The Labute approximate surface area is 158 Å². The molecule has 1 unspecified atom stereocenters. The molecular formula is C13H13I2N3OS2. The number of fused-ring (bicyclic) bond motifs is 1. The first kappa shape index (κ1) is 16.1. The summed E-state index contributed by atoms with van der Waals surface area (Å²) < 4.78 is 7.67. The molecule has 0 aliphatic carbocycles. The average Bonchev–Trinajstić information content (AvgIpc) is 2.80. The average molecular weight is 545 g/mol. The van der Waals surface area contributed by atoms with E-state index in [0.29, 0.717) is 5.13 Å². The molecule has 8 heteroatoms. The monoisotopic (exact) mass is 545 g/mol. The fourth-order valence-electron chi connectivity index (χ4n) is 2.21. The van der Waals surface area contributed by atoms with E-state index in [0.717, 1.165) is 31.5 Å². The molecule has 2 aromatic rings. The van der Waals surface area contributed by atoms with Crippen molar-refractivity contribution in [1.82, 2.24) is 10.3 Å². The number of nitrogens with zero attached hydrogens (tertiary/aromatic N) is 1. The van der Waals surface area contributed by atoms with Crippen LogP contribution in [-0.4, -0.2) is 18.6 Å². The Morgan fingerprint density at radius 3 is 2.81 bits per heavy atom. The van der Waals surface area contributed by atoms with Gasteiger partial charge in [-0.25, -0.2) is 4.98 Å². The molecule has 0 spiro atoms. The van der Waals surface area contributed by atoms with Crippen molar-refractivity contribution >= 4 is 73.4 Å². The summed E-state index contributed by atoms with van der Waals surface area (Å²) in [5.74, 6) is 0.944. The van der Waals surface area contributed by atoms with Crippen molar-refractivity contribution in [2.45, 2.75) is 16.7 Å². The number of rotatable bonds is 3. The Kier molecular flexibility index (Phi) is 5.19. The van der Waals surface area contributed by atoms with E-state index in [9.17, 15) is 0 Å². The Morgan fingerprint density at radius 2 is 2.14 bits per heavy atom.